The van der Waals surface area contributed by atoms with E-state index in [0.717, 1.165) is 18.7 Å². The number of hydrogen-bond donors (Lipinski definition) is 1. The van der Waals surface area contributed by atoms with Crippen LogP contribution < -0.4 is 5.32 Å². The van der Waals surface area contributed by atoms with Crippen molar-refractivity contribution < 1.29 is 0 Å². The Hall–Kier alpha value is -1.82. The number of aromatic nitrogens is 1. The highest BCUT2D eigenvalue weighted by atomic mass is 14.9. The molecule has 0 bridgehead atoms. The highest BCUT2D eigenvalue weighted by Crippen LogP contribution is 2.06. The summed E-state index contributed by atoms with van der Waals surface area (Å²) in [4.78, 5) is 3.89. The first-order chi connectivity index (χ1) is 6.86. The molecule has 72 valence electrons. The minimum Gasteiger partial charge on any atom is -0.385 e. The fraction of sp³-hybridized carbons (Fsp3) is 0.273. The standard InChI is InChI=1S/C11H13N3/c1-2-3-4-6-13-10-5-7-14-11(8-10)9-12/h2-3,5,7-8H,4,6H2,1H3,(H,13,14)/b3-2+. The van der Waals surface area contributed by atoms with Crippen molar-refractivity contribution in [3.63, 3.8) is 0 Å². The van der Waals surface area contributed by atoms with Crippen LogP contribution in [0.25, 0.3) is 0 Å². The number of anilines is 1. The predicted molar refractivity (Wildman–Crippen MR) is 56.9 cm³/mol. The third kappa shape index (κ3) is 3.28. The summed E-state index contributed by atoms with van der Waals surface area (Å²) in [7, 11) is 0. The second-order valence-corrected chi connectivity index (χ2v) is 2.83. The van der Waals surface area contributed by atoms with Crippen molar-refractivity contribution in [3.05, 3.63) is 36.2 Å². The monoisotopic (exact) mass is 187 g/mol. The van der Waals surface area contributed by atoms with Gasteiger partial charge in [0.15, 0.2) is 0 Å². The van der Waals surface area contributed by atoms with Crippen molar-refractivity contribution in [2.75, 3.05) is 11.9 Å². The SMILES string of the molecule is C/C=C/CCNc1ccnc(C#N)c1. The lowest BCUT2D eigenvalue weighted by atomic mass is 10.3. The Balaban J connectivity index is 2.47. The molecule has 3 nitrogen and oxygen atoms in total. The van der Waals surface area contributed by atoms with E-state index >= 15 is 0 Å². The number of nitrogens with one attached hydrogen (secondary N) is 1. The van der Waals surface area contributed by atoms with Gasteiger partial charge < -0.3 is 5.32 Å². The van der Waals surface area contributed by atoms with E-state index in [-0.39, 0.29) is 0 Å². The number of rotatable bonds is 4. The molecule has 0 amide bonds. The van der Waals surface area contributed by atoms with Crippen LogP contribution in [0.1, 0.15) is 19.0 Å². The fourth-order valence-corrected chi connectivity index (χ4v) is 1.07. The number of hydrogen-bond acceptors (Lipinski definition) is 3. The van der Waals surface area contributed by atoms with E-state index in [2.05, 4.69) is 16.4 Å². The van der Waals surface area contributed by atoms with Crippen LogP contribution in [-0.2, 0) is 0 Å². The van der Waals surface area contributed by atoms with Crippen LogP contribution in [0, 0.1) is 11.3 Å². The van der Waals surface area contributed by atoms with E-state index < -0.39 is 0 Å². The molecule has 0 aliphatic rings. The molecule has 0 saturated carbocycles. The average Bonchev–Trinajstić information content (AvgIpc) is 2.25. The first-order valence-electron chi connectivity index (χ1n) is 4.58. The lowest BCUT2D eigenvalue weighted by molar-refractivity contribution is 1.06. The molecule has 0 fully saturated rings. The number of allylic oxidation sites excluding steroid dienone is 1. The molecular formula is C11H13N3. The molecular weight excluding hydrogens is 174 g/mol. The fourth-order valence-electron chi connectivity index (χ4n) is 1.07. The molecule has 1 heterocycles. The lowest BCUT2D eigenvalue weighted by Crippen LogP contribution is -2.00. The quantitative estimate of drug-likeness (QED) is 0.581. The van der Waals surface area contributed by atoms with Crippen LogP contribution in [-0.4, -0.2) is 11.5 Å². The summed E-state index contributed by atoms with van der Waals surface area (Å²) in [5, 5.41) is 11.8. The van der Waals surface area contributed by atoms with Crippen LogP contribution in [0.4, 0.5) is 5.69 Å². The molecule has 1 rings (SSSR count). The first kappa shape index (κ1) is 10.3. The first-order valence-corrected chi connectivity index (χ1v) is 4.58. The summed E-state index contributed by atoms with van der Waals surface area (Å²) in [6, 6.07) is 5.61. The minimum absolute atomic E-state index is 0.445. The molecule has 0 saturated heterocycles. The van der Waals surface area contributed by atoms with Crippen LogP contribution in [0.2, 0.25) is 0 Å². The van der Waals surface area contributed by atoms with Crippen molar-refractivity contribution in [2.45, 2.75) is 13.3 Å². The van der Waals surface area contributed by atoms with Gasteiger partial charge in [0.1, 0.15) is 11.8 Å². The summed E-state index contributed by atoms with van der Waals surface area (Å²) >= 11 is 0. The van der Waals surface area contributed by atoms with Gasteiger partial charge in [0.05, 0.1) is 0 Å². The molecule has 14 heavy (non-hydrogen) atoms. The van der Waals surface area contributed by atoms with Gasteiger partial charge in [-0.1, -0.05) is 12.2 Å². The van der Waals surface area contributed by atoms with Crippen molar-refractivity contribution >= 4 is 5.69 Å². The zero-order chi connectivity index (χ0) is 10.2. The van der Waals surface area contributed by atoms with Gasteiger partial charge >= 0.3 is 0 Å². The molecule has 0 aliphatic carbocycles. The Bertz CT molecular complexity index is 350. The summed E-state index contributed by atoms with van der Waals surface area (Å²) in [6.45, 7) is 2.87. The molecule has 1 aromatic heterocycles. The van der Waals surface area contributed by atoms with Gasteiger partial charge in [-0.25, -0.2) is 4.98 Å². The van der Waals surface area contributed by atoms with Gasteiger partial charge in [-0.15, -0.1) is 0 Å². The number of nitriles is 1. The normalized spacial score (nSPS) is 10.0. The summed E-state index contributed by atoms with van der Waals surface area (Å²) in [6.07, 6.45) is 6.74. The maximum atomic E-state index is 8.62. The van der Waals surface area contributed by atoms with Crippen molar-refractivity contribution in [1.29, 1.82) is 5.26 Å². The third-order valence-electron chi connectivity index (χ3n) is 1.75. The van der Waals surface area contributed by atoms with E-state index in [1.54, 1.807) is 12.3 Å². The van der Waals surface area contributed by atoms with Gasteiger partial charge in [0.25, 0.3) is 0 Å². The van der Waals surface area contributed by atoms with Crippen LogP contribution >= 0.6 is 0 Å². The van der Waals surface area contributed by atoms with Gasteiger partial charge in [-0.05, 0) is 25.5 Å². The molecule has 0 unspecified atom stereocenters. The van der Waals surface area contributed by atoms with Crippen LogP contribution in [0.3, 0.4) is 0 Å². The molecule has 1 aromatic rings. The van der Waals surface area contributed by atoms with Crippen molar-refractivity contribution in [2.24, 2.45) is 0 Å². The van der Waals surface area contributed by atoms with E-state index in [1.807, 2.05) is 25.1 Å². The second-order valence-electron chi connectivity index (χ2n) is 2.83. The Morgan fingerprint density at radius 1 is 1.64 bits per heavy atom. The van der Waals surface area contributed by atoms with Gasteiger partial charge in [0.2, 0.25) is 0 Å². The highest BCUT2D eigenvalue weighted by molar-refractivity contribution is 5.45. The van der Waals surface area contributed by atoms with Crippen LogP contribution in [0.15, 0.2) is 30.5 Å². The Morgan fingerprint density at radius 2 is 2.50 bits per heavy atom. The van der Waals surface area contributed by atoms with Gasteiger partial charge in [-0.3, -0.25) is 0 Å². The molecule has 1 N–H and O–H groups in total. The van der Waals surface area contributed by atoms with Gasteiger partial charge in [-0.2, -0.15) is 5.26 Å². The largest absolute Gasteiger partial charge is 0.385 e. The van der Waals surface area contributed by atoms with E-state index in [4.69, 9.17) is 5.26 Å². The summed E-state index contributed by atoms with van der Waals surface area (Å²) < 4.78 is 0. The lowest BCUT2D eigenvalue weighted by Gasteiger charge is -2.03. The molecule has 0 atom stereocenters. The minimum atomic E-state index is 0.445. The molecule has 0 spiro atoms. The topological polar surface area (TPSA) is 48.7 Å². The zero-order valence-electron chi connectivity index (χ0n) is 8.20. The van der Waals surface area contributed by atoms with Crippen molar-refractivity contribution in [1.82, 2.24) is 4.98 Å². The second kappa shape index (κ2) is 5.76. The Kier molecular flexibility index (Phi) is 4.22. The van der Waals surface area contributed by atoms with E-state index in [1.165, 1.54) is 0 Å². The number of nitrogens with zero attached hydrogens (tertiary/aromatic N) is 2. The molecule has 0 radical (unpaired) electrons. The summed E-state index contributed by atoms with van der Waals surface area (Å²) in [5.41, 5.74) is 1.39. The Labute approximate surface area is 84.1 Å². The summed E-state index contributed by atoms with van der Waals surface area (Å²) in [5.74, 6) is 0. The van der Waals surface area contributed by atoms with Crippen molar-refractivity contribution in [3.8, 4) is 6.07 Å². The van der Waals surface area contributed by atoms with E-state index in [9.17, 15) is 0 Å². The smallest absolute Gasteiger partial charge is 0.142 e. The molecule has 0 aliphatic heterocycles. The predicted octanol–water partition coefficient (Wildman–Crippen LogP) is 2.33. The number of pyridine rings is 1. The maximum Gasteiger partial charge on any atom is 0.142 e. The molecule has 3 heteroatoms. The van der Waals surface area contributed by atoms with E-state index in [0.29, 0.717) is 5.69 Å². The third-order valence-corrected chi connectivity index (χ3v) is 1.75. The van der Waals surface area contributed by atoms with Crippen LogP contribution in [0.5, 0.6) is 0 Å². The average molecular weight is 187 g/mol. The maximum absolute atomic E-state index is 8.62. The van der Waals surface area contributed by atoms with Gasteiger partial charge in [0, 0.05) is 18.4 Å². The zero-order valence-corrected chi connectivity index (χ0v) is 8.20. The highest BCUT2D eigenvalue weighted by Gasteiger charge is 1.93. The Morgan fingerprint density at radius 3 is 3.21 bits per heavy atom. The molecule has 0 aromatic carbocycles.